The summed E-state index contributed by atoms with van der Waals surface area (Å²) >= 11 is 0. The number of Topliss-reactive ketones (excluding diaryl/α,β-unsaturated/α-hetero) is 1. The lowest BCUT2D eigenvalue weighted by Crippen LogP contribution is -2.46. The predicted octanol–water partition coefficient (Wildman–Crippen LogP) is 3.47. The lowest BCUT2D eigenvalue weighted by molar-refractivity contribution is -0.160. The van der Waals surface area contributed by atoms with E-state index in [9.17, 15) is 49.5 Å². The number of methoxy groups -OCH3 is 1. The van der Waals surface area contributed by atoms with Crippen LogP contribution in [0.1, 0.15) is 76.4 Å². The number of carboxylic acid groups (broad SMARTS) is 2. The number of phenolic OH excluding ortho intramolecular Hbond substituents is 3. The van der Waals surface area contributed by atoms with E-state index in [0.29, 0.717) is 13.1 Å². The Balaban J connectivity index is 0.000000929. The van der Waals surface area contributed by atoms with Crippen LogP contribution in [0.4, 0.5) is 5.69 Å². The molecule has 1 fully saturated rings. The molecule has 0 saturated carbocycles. The standard InChI is InChI=1S/C43H58N4O12.C5H9NO4/c1-21-12-11-13-22(2)42(55)45-33-28(20-44-47-17-15-46(9)16-18-47)37(52)30-31(38(33)53)36(51)26(6)40-32(30)41(54)43(8,59-40)57-19-14-29(56-10)23(3)39(58-27(7)48)25(5)35(50)24(4)34(21)49;1-6-3(5(9)10)2-4(7)8/h11-14,19-21,23-25,29,34-35,39,49-53H,15-18H2,1-10H3,(H,45,55);3,6H,2H2,1H3,(H,7,8)(H,9,10)/b12-11-,19-14-,22-13-,44-20+;/t21-,23+,24+,25+,29-,34-,35+,39+,43-;3-/m01/s1. The fourth-order valence-corrected chi connectivity index (χ4v) is 8.41. The number of ketones is 1. The van der Waals surface area contributed by atoms with E-state index in [-0.39, 0.29) is 44.5 Å². The molecule has 21 nitrogen and oxygen atoms in total. The Morgan fingerprint density at radius 3 is 2.14 bits per heavy atom. The molecule has 2 aromatic carbocycles. The quantitative estimate of drug-likeness (QED) is 0.0792. The van der Waals surface area contributed by atoms with Crippen LogP contribution in [0.3, 0.4) is 0 Å². The molecule has 1 saturated heterocycles. The number of aromatic hydroxyl groups is 3. The molecule has 0 radical (unpaired) electrons. The second-order valence-electron chi connectivity index (χ2n) is 17.9. The molecule has 0 spiro atoms. The minimum absolute atomic E-state index is 0.0559. The molecule has 380 valence electrons. The van der Waals surface area contributed by atoms with Gasteiger partial charge in [-0.05, 0) is 34.0 Å². The van der Waals surface area contributed by atoms with Crippen LogP contribution in [0.5, 0.6) is 23.0 Å². The molecule has 4 heterocycles. The lowest BCUT2D eigenvalue weighted by Gasteiger charge is -2.38. The van der Waals surface area contributed by atoms with Crippen LogP contribution in [-0.4, -0.2) is 165 Å². The van der Waals surface area contributed by atoms with Gasteiger partial charge in [0.1, 0.15) is 29.4 Å². The molecule has 4 aliphatic rings. The van der Waals surface area contributed by atoms with Gasteiger partial charge in [-0.1, -0.05) is 45.9 Å². The van der Waals surface area contributed by atoms with Gasteiger partial charge in [-0.15, -0.1) is 0 Å². The van der Waals surface area contributed by atoms with E-state index < -0.39 is 113 Å². The molecule has 69 heavy (non-hydrogen) atoms. The highest BCUT2D eigenvalue weighted by Gasteiger charge is 2.50. The van der Waals surface area contributed by atoms with E-state index in [1.165, 1.54) is 66.5 Å². The summed E-state index contributed by atoms with van der Waals surface area (Å²) in [7, 11) is 4.83. The van der Waals surface area contributed by atoms with E-state index >= 15 is 0 Å². The summed E-state index contributed by atoms with van der Waals surface area (Å²) in [5.74, 6) is -10.6. The third kappa shape index (κ3) is 12.5. The zero-order chi connectivity index (χ0) is 51.8. The summed E-state index contributed by atoms with van der Waals surface area (Å²) in [4.78, 5) is 62.7. The van der Waals surface area contributed by atoms with Crippen molar-refractivity contribution in [2.45, 2.75) is 98.1 Å². The van der Waals surface area contributed by atoms with Crippen molar-refractivity contribution in [3.05, 3.63) is 52.8 Å². The van der Waals surface area contributed by atoms with Gasteiger partial charge in [0, 0.05) is 87.3 Å². The van der Waals surface area contributed by atoms with Crippen molar-refractivity contribution in [1.82, 2.24) is 15.2 Å². The van der Waals surface area contributed by atoms with Gasteiger partial charge in [0.25, 0.3) is 11.7 Å². The number of likely N-dealkylation sites (N-methyl/N-ethyl adjacent to an activating group) is 2. The smallest absolute Gasteiger partial charge is 0.321 e. The van der Waals surface area contributed by atoms with Crippen molar-refractivity contribution < 1.29 is 78.7 Å². The molecule has 10 atom stereocenters. The maximum Gasteiger partial charge on any atom is 0.321 e. The molecule has 0 unspecified atom stereocenters. The van der Waals surface area contributed by atoms with Gasteiger partial charge in [0.2, 0.25) is 0 Å². The van der Waals surface area contributed by atoms with Crippen molar-refractivity contribution in [3.63, 3.8) is 0 Å². The number of fused-ring (bicyclic) bond motifs is 14. The van der Waals surface area contributed by atoms with Crippen LogP contribution >= 0.6 is 0 Å². The fraction of sp³-hybridized carbons (Fsp3) is 0.542. The number of aliphatic carboxylic acids is 2. The Morgan fingerprint density at radius 1 is 0.957 bits per heavy atom. The van der Waals surface area contributed by atoms with Gasteiger partial charge in [-0.2, -0.15) is 5.10 Å². The van der Waals surface area contributed by atoms with E-state index in [1.54, 1.807) is 44.9 Å². The van der Waals surface area contributed by atoms with Crippen molar-refractivity contribution in [1.29, 1.82) is 0 Å². The van der Waals surface area contributed by atoms with Crippen LogP contribution in [0.25, 0.3) is 10.8 Å². The SMILES string of the molecule is CN[C@H](CC(=O)O)C(=O)O.CO[C@H]1/C=C\O[C@@]2(C)Oc3c(C)c(O)c4c(O)c(c(/C=N/N5CCN(C)CC5)c(O)c4c3C2=O)NC(=O)/C(C)=C\C=C/[C@H](C)[C@H](O)[C@@H](C)[C@@H](O)[C@@H](C)[C@H](OC(C)=O)[C@@H]1C. The zero-order valence-electron chi connectivity index (χ0n) is 40.8. The number of hydrogen-bond donors (Lipinski definition) is 9. The molecular formula is C48H67N5O16. The molecule has 0 aromatic heterocycles. The molecule has 4 aliphatic heterocycles. The number of esters is 1. The first-order chi connectivity index (χ1) is 32.3. The van der Waals surface area contributed by atoms with E-state index in [4.69, 9.17) is 29.2 Å². The van der Waals surface area contributed by atoms with Crippen LogP contribution in [0.2, 0.25) is 0 Å². The summed E-state index contributed by atoms with van der Waals surface area (Å²) in [6.45, 7) is 15.1. The Hall–Kier alpha value is -6.26. The first-order valence-electron chi connectivity index (χ1n) is 22.5. The minimum atomic E-state index is -2.04. The number of piperazine rings is 1. The van der Waals surface area contributed by atoms with Crippen LogP contribution in [0.15, 0.2) is 41.2 Å². The lowest BCUT2D eigenvalue weighted by atomic mass is 9.78. The molecule has 5 bridgehead atoms. The topological polar surface area (TPSA) is 307 Å². The van der Waals surface area contributed by atoms with Crippen molar-refractivity contribution in [3.8, 4) is 23.0 Å². The Morgan fingerprint density at radius 2 is 1.59 bits per heavy atom. The number of nitrogens with one attached hydrogen (secondary N) is 2. The predicted molar refractivity (Wildman–Crippen MR) is 253 cm³/mol. The summed E-state index contributed by atoms with van der Waals surface area (Å²) in [5.41, 5.74) is -0.350. The van der Waals surface area contributed by atoms with Crippen molar-refractivity contribution in [2.75, 3.05) is 52.7 Å². The average Bonchev–Trinajstić information content (AvgIpc) is 3.56. The Labute approximate surface area is 400 Å². The number of rotatable bonds is 8. The van der Waals surface area contributed by atoms with Gasteiger partial charge in [0.15, 0.2) is 5.75 Å². The van der Waals surface area contributed by atoms with E-state index in [0.717, 1.165) is 13.1 Å². The van der Waals surface area contributed by atoms with Crippen LogP contribution in [-0.2, 0) is 33.4 Å². The second-order valence-corrected chi connectivity index (χ2v) is 17.9. The number of carbonyl (C=O) groups excluding carboxylic acids is 3. The number of benzene rings is 2. The molecule has 2 aromatic rings. The number of aliphatic hydroxyl groups excluding tert-OH is 2. The number of anilines is 1. The number of hydrazone groups is 1. The van der Waals surface area contributed by atoms with Gasteiger partial charge < -0.3 is 70.2 Å². The average molecular weight is 970 g/mol. The van der Waals surface area contributed by atoms with Crippen LogP contribution < -0.4 is 15.4 Å². The van der Waals surface area contributed by atoms with Crippen molar-refractivity contribution >= 4 is 52.3 Å². The second kappa shape index (κ2) is 23.4. The Kier molecular flexibility index (Phi) is 18.7. The van der Waals surface area contributed by atoms with Gasteiger partial charge in [0.05, 0.1) is 59.4 Å². The summed E-state index contributed by atoms with van der Waals surface area (Å²) in [6.07, 6.45) is 4.46. The highest BCUT2D eigenvalue weighted by Crippen LogP contribution is 2.55. The molecular weight excluding hydrogens is 903 g/mol. The maximum absolute atomic E-state index is 14.4. The third-order valence-electron chi connectivity index (χ3n) is 12.9. The number of hydrogen-bond acceptors (Lipinski definition) is 18. The zero-order valence-corrected chi connectivity index (χ0v) is 40.8. The minimum Gasteiger partial charge on any atom is -0.507 e. The maximum atomic E-state index is 14.4. The Bertz CT molecular complexity index is 2380. The number of allylic oxidation sites excluding steroid dienone is 2. The highest BCUT2D eigenvalue weighted by molar-refractivity contribution is 6.23. The number of phenols is 3. The van der Waals surface area contributed by atoms with Crippen LogP contribution in [0, 0.1) is 30.6 Å². The number of carboxylic acids is 2. The largest absolute Gasteiger partial charge is 0.507 e. The molecule has 1 amide bonds. The first-order valence-corrected chi connectivity index (χ1v) is 22.5. The molecule has 21 heteroatoms. The highest BCUT2D eigenvalue weighted by atomic mass is 16.7. The fourth-order valence-electron chi connectivity index (χ4n) is 8.41. The number of aliphatic hydroxyl groups is 2. The normalized spacial score (nSPS) is 29.2. The monoisotopic (exact) mass is 969 g/mol. The summed E-state index contributed by atoms with van der Waals surface area (Å²) in [6, 6.07) is -0.988. The summed E-state index contributed by atoms with van der Waals surface area (Å²) < 4.78 is 23.6. The third-order valence-corrected chi connectivity index (χ3v) is 12.9. The number of nitrogens with zero attached hydrogens (tertiary/aromatic N) is 3. The van der Waals surface area contributed by atoms with Gasteiger partial charge >= 0.3 is 23.7 Å². The number of carbonyl (C=O) groups is 5. The van der Waals surface area contributed by atoms with E-state index in [1.807, 2.05) is 7.05 Å². The molecule has 9 N–H and O–H groups in total. The van der Waals surface area contributed by atoms with Crippen molar-refractivity contribution in [2.24, 2.45) is 28.8 Å². The molecule has 6 rings (SSSR count). The van der Waals surface area contributed by atoms with E-state index in [2.05, 4.69) is 20.6 Å². The van der Waals surface area contributed by atoms with Gasteiger partial charge in [-0.3, -0.25) is 29.0 Å². The summed E-state index contributed by atoms with van der Waals surface area (Å²) in [5, 5.41) is 85.7. The first kappa shape index (κ1) is 55.3. The molecule has 0 aliphatic carbocycles. The number of amides is 1. The van der Waals surface area contributed by atoms with Gasteiger partial charge in [-0.25, -0.2) is 0 Å². The number of ether oxygens (including phenoxy) is 4.